The Bertz CT molecular complexity index is 501. The zero-order chi connectivity index (χ0) is 18.6. The van der Waals surface area contributed by atoms with E-state index in [9.17, 15) is 14.7 Å². The number of aliphatic carboxylic acids is 1. The lowest BCUT2D eigenvalue weighted by Crippen LogP contribution is -2.61. The lowest BCUT2D eigenvalue weighted by atomic mass is 9.79. The van der Waals surface area contributed by atoms with Crippen LogP contribution < -0.4 is 5.32 Å². The molecule has 2 unspecified atom stereocenters. The third-order valence-corrected chi connectivity index (χ3v) is 6.33. The summed E-state index contributed by atoms with van der Waals surface area (Å²) in [5.41, 5.74) is 0.0330. The van der Waals surface area contributed by atoms with Crippen molar-refractivity contribution in [3.8, 4) is 0 Å². The van der Waals surface area contributed by atoms with E-state index in [0.717, 1.165) is 39.1 Å². The summed E-state index contributed by atoms with van der Waals surface area (Å²) in [4.78, 5) is 28.3. The number of urea groups is 1. The van der Waals surface area contributed by atoms with E-state index in [-0.39, 0.29) is 17.5 Å². The highest BCUT2D eigenvalue weighted by Gasteiger charge is 2.39. The molecule has 2 heterocycles. The summed E-state index contributed by atoms with van der Waals surface area (Å²) in [6.45, 7) is 7.01. The van der Waals surface area contributed by atoms with Crippen LogP contribution >= 0.6 is 0 Å². The van der Waals surface area contributed by atoms with Gasteiger partial charge in [0, 0.05) is 38.3 Å². The number of amides is 2. The number of rotatable bonds is 4. The van der Waals surface area contributed by atoms with Gasteiger partial charge in [-0.1, -0.05) is 26.2 Å². The van der Waals surface area contributed by atoms with Gasteiger partial charge in [0.25, 0.3) is 0 Å². The maximum atomic E-state index is 12.8. The zero-order valence-corrected chi connectivity index (χ0v) is 15.9. The highest BCUT2D eigenvalue weighted by Crippen LogP contribution is 2.34. The summed E-state index contributed by atoms with van der Waals surface area (Å²) in [7, 11) is 0. The van der Waals surface area contributed by atoms with Gasteiger partial charge in [0.2, 0.25) is 0 Å². The quantitative estimate of drug-likeness (QED) is 0.791. The van der Waals surface area contributed by atoms with Crippen molar-refractivity contribution >= 4 is 12.0 Å². The van der Waals surface area contributed by atoms with Crippen molar-refractivity contribution in [3.05, 3.63) is 0 Å². The molecule has 2 amide bonds. The third-order valence-electron chi connectivity index (χ3n) is 6.33. The Morgan fingerprint density at radius 1 is 1.15 bits per heavy atom. The number of carbonyl (C=O) groups excluding carboxylic acids is 1. The molecule has 0 aromatic rings. The van der Waals surface area contributed by atoms with E-state index in [1.807, 2.05) is 6.92 Å². The van der Waals surface area contributed by atoms with Gasteiger partial charge in [-0.25, -0.2) is 4.79 Å². The van der Waals surface area contributed by atoms with E-state index in [0.29, 0.717) is 26.1 Å². The molecule has 3 rings (SSSR count). The number of nitrogens with zero attached hydrogens (tertiary/aromatic N) is 2. The monoisotopic (exact) mass is 367 g/mol. The maximum absolute atomic E-state index is 12.8. The summed E-state index contributed by atoms with van der Waals surface area (Å²) >= 11 is 0. The second kappa shape index (κ2) is 8.57. The number of carboxylic acids is 1. The van der Waals surface area contributed by atoms with Gasteiger partial charge in [-0.2, -0.15) is 0 Å². The lowest BCUT2D eigenvalue weighted by Gasteiger charge is -2.48. The number of nitrogens with one attached hydrogen (secondary N) is 1. The summed E-state index contributed by atoms with van der Waals surface area (Å²) in [5.74, 6) is -1.03. The predicted octanol–water partition coefficient (Wildman–Crippen LogP) is 1.77. The van der Waals surface area contributed by atoms with E-state index in [1.165, 1.54) is 19.3 Å². The van der Waals surface area contributed by atoms with Crippen molar-refractivity contribution in [2.45, 2.75) is 51.0 Å². The smallest absolute Gasteiger partial charge is 0.317 e. The van der Waals surface area contributed by atoms with E-state index in [2.05, 4.69) is 10.2 Å². The van der Waals surface area contributed by atoms with Gasteiger partial charge in [-0.3, -0.25) is 9.69 Å². The van der Waals surface area contributed by atoms with Gasteiger partial charge in [0.15, 0.2) is 0 Å². The molecule has 7 heteroatoms. The van der Waals surface area contributed by atoms with Gasteiger partial charge >= 0.3 is 12.0 Å². The van der Waals surface area contributed by atoms with Gasteiger partial charge < -0.3 is 20.1 Å². The van der Waals surface area contributed by atoms with Crippen LogP contribution in [0, 0.1) is 11.8 Å². The summed E-state index contributed by atoms with van der Waals surface area (Å²) in [6.07, 6.45) is 6.55. The predicted molar refractivity (Wildman–Crippen MR) is 98.1 cm³/mol. The Morgan fingerprint density at radius 2 is 1.85 bits per heavy atom. The fourth-order valence-corrected chi connectivity index (χ4v) is 4.90. The number of likely N-dealkylation sites (tertiary alicyclic amines) is 1. The van der Waals surface area contributed by atoms with Crippen LogP contribution in [0.5, 0.6) is 0 Å². The minimum atomic E-state index is -0.800. The average Bonchev–Trinajstić information content (AvgIpc) is 2.67. The molecule has 0 radical (unpaired) electrons. The van der Waals surface area contributed by atoms with E-state index >= 15 is 0 Å². The summed E-state index contributed by atoms with van der Waals surface area (Å²) in [5, 5.41) is 12.5. The number of piperidine rings is 1. The van der Waals surface area contributed by atoms with Crippen LogP contribution in [0.25, 0.3) is 0 Å². The molecule has 0 aromatic carbocycles. The van der Waals surface area contributed by atoms with Gasteiger partial charge in [-0.05, 0) is 25.2 Å². The van der Waals surface area contributed by atoms with Crippen molar-refractivity contribution in [1.82, 2.24) is 15.1 Å². The minimum absolute atomic E-state index is 0.0330. The average molecular weight is 367 g/mol. The first-order valence-electron chi connectivity index (χ1n) is 10.1. The Kier molecular flexibility index (Phi) is 6.40. The van der Waals surface area contributed by atoms with Crippen LogP contribution in [0.3, 0.4) is 0 Å². The van der Waals surface area contributed by atoms with Crippen LogP contribution in [0.2, 0.25) is 0 Å². The highest BCUT2D eigenvalue weighted by atomic mass is 16.5. The molecule has 26 heavy (non-hydrogen) atoms. The van der Waals surface area contributed by atoms with Crippen LogP contribution in [0.4, 0.5) is 4.79 Å². The molecule has 0 bridgehead atoms. The van der Waals surface area contributed by atoms with Crippen LogP contribution in [-0.4, -0.2) is 78.4 Å². The highest BCUT2D eigenvalue weighted by molar-refractivity contribution is 5.76. The van der Waals surface area contributed by atoms with Crippen LogP contribution in [-0.2, 0) is 9.53 Å². The molecule has 0 spiro atoms. The van der Waals surface area contributed by atoms with E-state index in [1.54, 1.807) is 4.90 Å². The molecule has 2 saturated heterocycles. The number of morpholine rings is 1. The van der Waals surface area contributed by atoms with E-state index < -0.39 is 11.9 Å². The van der Waals surface area contributed by atoms with Crippen molar-refractivity contribution in [2.75, 3.05) is 45.9 Å². The number of carbonyl (C=O) groups is 2. The molecule has 3 aliphatic rings. The number of hydrogen-bond acceptors (Lipinski definition) is 4. The Morgan fingerprint density at radius 3 is 2.50 bits per heavy atom. The largest absolute Gasteiger partial charge is 0.481 e. The van der Waals surface area contributed by atoms with Crippen LogP contribution in [0.1, 0.15) is 45.4 Å². The maximum Gasteiger partial charge on any atom is 0.317 e. The first-order chi connectivity index (χ1) is 12.5. The number of hydrogen-bond donors (Lipinski definition) is 2. The molecule has 148 valence electrons. The molecule has 2 atom stereocenters. The van der Waals surface area contributed by atoms with Crippen molar-refractivity contribution in [1.29, 1.82) is 0 Å². The topological polar surface area (TPSA) is 82.1 Å². The minimum Gasteiger partial charge on any atom is -0.481 e. The van der Waals surface area contributed by atoms with Crippen molar-refractivity contribution in [3.63, 3.8) is 0 Å². The standard InChI is InChI=1S/C19H33N3O4/c1-15-11-16(17(23)24)13-21(12-15)18(25)20-14-19(5-3-2-4-6-19)22-7-9-26-10-8-22/h15-16H,2-14H2,1H3,(H,20,25)(H,23,24). The van der Waals surface area contributed by atoms with Gasteiger partial charge in [0.1, 0.15) is 0 Å². The molecular weight excluding hydrogens is 334 g/mol. The molecule has 7 nitrogen and oxygen atoms in total. The number of carboxylic acid groups (broad SMARTS) is 1. The second-order valence-corrected chi connectivity index (χ2v) is 8.32. The first-order valence-corrected chi connectivity index (χ1v) is 10.1. The van der Waals surface area contributed by atoms with Crippen molar-refractivity contribution in [2.24, 2.45) is 11.8 Å². The molecule has 2 aliphatic heterocycles. The summed E-state index contributed by atoms with van der Waals surface area (Å²) < 4.78 is 5.51. The third kappa shape index (κ3) is 4.49. The molecule has 1 aliphatic carbocycles. The molecule has 2 N–H and O–H groups in total. The lowest BCUT2D eigenvalue weighted by molar-refractivity contribution is -0.143. The Labute approximate surface area is 156 Å². The molecule has 1 saturated carbocycles. The second-order valence-electron chi connectivity index (χ2n) is 8.32. The van der Waals surface area contributed by atoms with Gasteiger partial charge in [0.05, 0.1) is 19.1 Å². The molecule has 3 fully saturated rings. The normalized spacial score (nSPS) is 30.0. The molecular formula is C19H33N3O4. The van der Waals surface area contributed by atoms with Crippen LogP contribution in [0.15, 0.2) is 0 Å². The Hall–Kier alpha value is -1.34. The van der Waals surface area contributed by atoms with Crippen molar-refractivity contribution < 1.29 is 19.4 Å². The zero-order valence-electron chi connectivity index (χ0n) is 15.9. The SMILES string of the molecule is CC1CC(C(=O)O)CN(C(=O)NCC2(N3CCOCC3)CCCCC2)C1. The Balaban J connectivity index is 1.61. The molecule has 0 aromatic heterocycles. The first kappa shape index (κ1) is 19.4. The van der Waals surface area contributed by atoms with Gasteiger partial charge in [-0.15, -0.1) is 0 Å². The summed E-state index contributed by atoms with van der Waals surface area (Å²) in [6, 6.07) is -0.110. The fraction of sp³-hybridized carbons (Fsp3) is 0.895. The number of ether oxygens (including phenoxy) is 1. The fourth-order valence-electron chi connectivity index (χ4n) is 4.90. The van der Waals surface area contributed by atoms with E-state index in [4.69, 9.17) is 4.74 Å².